The zero-order valence-corrected chi connectivity index (χ0v) is 22.9. The van der Waals surface area contributed by atoms with Gasteiger partial charge < -0.3 is 19.3 Å². The van der Waals surface area contributed by atoms with Crippen LogP contribution in [0.25, 0.3) is 5.69 Å². The van der Waals surface area contributed by atoms with Gasteiger partial charge in [-0.25, -0.2) is 4.68 Å². The Morgan fingerprint density at radius 2 is 1.89 bits per heavy atom. The van der Waals surface area contributed by atoms with Crippen molar-refractivity contribution in [3.63, 3.8) is 0 Å². The monoisotopic (exact) mass is 527 g/mol. The Bertz CT molecular complexity index is 1140. The zero-order chi connectivity index (χ0) is 26.4. The molecule has 1 aliphatic heterocycles. The van der Waals surface area contributed by atoms with E-state index in [1.54, 1.807) is 0 Å². The van der Waals surface area contributed by atoms with E-state index >= 15 is 0 Å². The van der Waals surface area contributed by atoms with Gasteiger partial charge in [-0.1, -0.05) is 41.9 Å². The highest BCUT2D eigenvalue weighted by Crippen LogP contribution is 2.35. The number of aliphatic hydroxyl groups is 1. The zero-order valence-electron chi connectivity index (χ0n) is 22.2. The summed E-state index contributed by atoms with van der Waals surface area (Å²) in [6.07, 6.45) is 1.56. The van der Waals surface area contributed by atoms with Gasteiger partial charge in [0.1, 0.15) is 5.75 Å². The molecule has 200 valence electrons. The molecule has 0 amide bonds. The van der Waals surface area contributed by atoms with Crippen molar-refractivity contribution in [1.29, 1.82) is 0 Å². The Kier molecular flexibility index (Phi) is 9.27. The van der Waals surface area contributed by atoms with Gasteiger partial charge in [-0.2, -0.15) is 5.10 Å². The summed E-state index contributed by atoms with van der Waals surface area (Å²) in [6, 6.07) is 17.3. The normalized spacial score (nSPS) is 16.9. The summed E-state index contributed by atoms with van der Waals surface area (Å²) < 4.78 is 20.0. The standard InChI is InChI=1S/C29H38ClN3O4/c1-21-25(19-32(18-24-13-10-16-35-24)17-23(34)20-36-29(2,3)4)28(37-27-15-9-8-14-26(27)30)33(31-21)22-11-6-5-7-12-22/h5-9,11-12,14-15,23-24,34H,10,13,16-20H2,1-4H3/t23-,24-/m0/s1. The van der Waals surface area contributed by atoms with Crippen LogP contribution in [0.15, 0.2) is 54.6 Å². The lowest BCUT2D eigenvalue weighted by molar-refractivity contribution is -0.0594. The Balaban J connectivity index is 1.65. The summed E-state index contributed by atoms with van der Waals surface area (Å²) in [7, 11) is 0. The molecule has 2 atom stereocenters. The van der Waals surface area contributed by atoms with E-state index in [0.29, 0.717) is 36.3 Å². The van der Waals surface area contributed by atoms with Crippen molar-refractivity contribution < 1.29 is 19.3 Å². The lowest BCUT2D eigenvalue weighted by Crippen LogP contribution is -2.40. The minimum atomic E-state index is -0.641. The molecular formula is C29H38ClN3O4. The highest BCUT2D eigenvalue weighted by Gasteiger charge is 2.26. The molecule has 1 aromatic heterocycles. The fourth-order valence-corrected chi connectivity index (χ4v) is 4.58. The van der Waals surface area contributed by atoms with Crippen molar-refractivity contribution in [2.75, 3.05) is 26.3 Å². The van der Waals surface area contributed by atoms with Gasteiger partial charge in [-0.05, 0) is 64.8 Å². The topological polar surface area (TPSA) is 69.0 Å². The molecule has 1 saturated heterocycles. The van der Waals surface area contributed by atoms with Gasteiger partial charge in [0.15, 0.2) is 0 Å². The average Bonchev–Trinajstić information content (AvgIpc) is 3.48. The van der Waals surface area contributed by atoms with Crippen molar-refractivity contribution in [1.82, 2.24) is 14.7 Å². The summed E-state index contributed by atoms with van der Waals surface area (Å²) in [6.45, 7) is 10.7. The molecule has 0 spiro atoms. The number of aliphatic hydroxyl groups excluding tert-OH is 1. The molecule has 37 heavy (non-hydrogen) atoms. The average molecular weight is 528 g/mol. The van der Waals surface area contributed by atoms with Crippen molar-refractivity contribution in [2.45, 2.75) is 64.9 Å². The van der Waals surface area contributed by atoms with E-state index < -0.39 is 6.10 Å². The van der Waals surface area contributed by atoms with E-state index in [4.69, 9.17) is 30.9 Å². The maximum absolute atomic E-state index is 10.9. The second kappa shape index (κ2) is 12.4. The molecule has 0 saturated carbocycles. The number of halogens is 1. The van der Waals surface area contributed by atoms with Gasteiger partial charge in [-0.3, -0.25) is 4.90 Å². The van der Waals surface area contributed by atoms with Crippen LogP contribution in [-0.2, 0) is 16.0 Å². The van der Waals surface area contributed by atoms with E-state index in [1.165, 1.54) is 0 Å². The summed E-state index contributed by atoms with van der Waals surface area (Å²) in [4.78, 5) is 2.21. The fourth-order valence-electron chi connectivity index (χ4n) is 4.40. The first-order valence-electron chi connectivity index (χ1n) is 12.9. The van der Waals surface area contributed by atoms with Gasteiger partial charge in [0.25, 0.3) is 0 Å². The number of benzene rings is 2. The number of aryl methyl sites for hydroxylation is 1. The molecule has 1 aliphatic rings. The molecular weight excluding hydrogens is 490 g/mol. The van der Waals surface area contributed by atoms with Crippen LogP contribution < -0.4 is 4.74 Å². The van der Waals surface area contributed by atoms with Crippen LogP contribution >= 0.6 is 11.6 Å². The lowest BCUT2D eigenvalue weighted by atomic mass is 10.1. The number of hydrogen-bond donors (Lipinski definition) is 1. The van der Waals surface area contributed by atoms with E-state index in [0.717, 1.165) is 36.4 Å². The minimum Gasteiger partial charge on any atom is -0.437 e. The van der Waals surface area contributed by atoms with Crippen LogP contribution in [0.3, 0.4) is 0 Å². The fraction of sp³-hybridized carbons (Fsp3) is 0.483. The van der Waals surface area contributed by atoms with Gasteiger partial charge in [-0.15, -0.1) is 0 Å². The lowest BCUT2D eigenvalue weighted by Gasteiger charge is -2.29. The molecule has 2 heterocycles. The first-order chi connectivity index (χ1) is 17.7. The molecule has 3 aromatic rings. The van der Waals surface area contributed by atoms with Crippen LogP contribution in [0.2, 0.25) is 5.02 Å². The molecule has 0 unspecified atom stereocenters. The maximum atomic E-state index is 10.9. The van der Waals surface area contributed by atoms with E-state index in [2.05, 4.69) is 4.90 Å². The molecule has 1 fully saturated rings. The van der Waals surface area contributed by atoms with Gasteiger partial charge in [0.05, 0.1) is 46.4 Å². The Morgan fingerprint density at radius 1 is 1.16 bits per heavy atom. The van der Waals surface area contributed by atoms with Crippen molar-refractivity contribution in [3.05, 3.63) is 70.9 Å². The highest BCUT2D eigenvalue weighted by molar-refractivity contribution is 6.32. The molecule has 8 heteroatoms. The highest BCUT2D eigenvalue weighted by atomic mass is 35.5. The number of nitrogens with zero attached hydrogens (tertiary/aromatic N) is 3. The molecule has 0 bridgehead atoms. The third-order valence-electron chi connectivity index (χ3n) is 6.23. The van der Waals surface area contributed by atoms with Crippen molar-refractivity contribution in [2.24, 2.45) is 0 Å². The van der Waals surface area contributed by atoms with Crippen LogP contribution in [0.1, 0.15) is 44.9 Å². The van der Waals surface area contributed by atoms with Crippen LogP contribution in [0, 0.1) is 6.92 Å². The molecule has 4 rings (SSSR count). The number of para-hydroxylation sites is 2. The Morgan fingerprint density at radius 3 is 2.57 bits per heavy atom. The molecule has 0 aliphatic carbocycles. The maximum Gasteiger partial charge on any atom is 0.227 e. The van der Waals surface area contributed by atoms with Crippen molar-refractivity contribution in [3.8, 4) is 17.3 Å². The summed E-state index contributed by atoms with van der Waals surface area (Å²) in [5, 5.41) is 16.2. The third-order valence-corrected chi connectivity index (χ3v) is 6.54. The second-order valence-corrected chi connectivity index (χ2v) is 11.0. The third kappa shape index (κ3) is 7.79. The number of ether oxygens (including phenoxy) is 3. The van der Waals surface area contributed by atoms with E-state index in [1.807, 2.05) is 87.0 Å². The first kappa shape index (κ1) is 27.6. The van der Waals surface area contributed by atoms with Crippen LogP contribution in [0.5, 0.6) is 11.6 Å². The Labute approximate surface area is 224 Å². The van der Waals surface area contributed by atoms with Crippen LogP contribution in [-0.4, -0.2) is 63.9 Å². The van der Waals surface area contributed by atoms with Crippen LogP contribution in [0.4, 0.5) is 0 Å². The smallest absolute Gasteiger partial charge is 0.227 e. The van der Waals surface area contributed by atoms with Gasteiger partial charge in [0, 0.05) is 26.2 Å². The number of rotatable bonds is 11. The van der Waals surface area contributed by atoms with E-state index in [9.17, 15) is 5.11 Å². The summed E-state index contributed by atoms with van der Waals surface area (Å²) in [5.74, 6) is 1.17. The SMILES string of the molecule is Cc1nn(-c2ccccc2)c(Oc2ccccc2Cl)c1CN(C[C@H](O)COC(C)(C)C)C[C@@H]1CCCO1. The predicted molar refractivity (Wildman–Crippen MR) is 146 cm³/mol. The van der Waals surface area contributed by atoms with Crippen molar-refractivity contribution >= 4 is 11.6 Å². The second-order valence-electron chi connectivity index (χ2n) is 10.6. The largest absolute Gasteiger partial charge is 0.437 e. The number of hydrogen-bond acceptors (Lipinski definition) is 6. The first-order valence-corrected chi connectivity index (χ1v) is 13.3. The molecule has 0 radical (unpaired) electrons. The minimum absolute atomic E-state index is 0.133. The van der Waals surface area contributed by atoms with E-state index in [-0.39, 0.29) is 18.3 Å². The quantitative estimate of drug-likeness (QED) is 0.341. The van der Waals surface area contributed by atoms with Gasteiger partial charge in [0.2, 0.25) is 5.88 Å². The molecule has 7 nitrogen and oxygen atoms in total. The van der Waals surface area contributed by atoms with Gasteiger partial charge >= 0.3 is 0 Å². The molecule has 1 N–H and O–H groups in total. The summed E-state index contributed by atoms with van der Waals surface area (Å²) in [5.41, 5.74) is 2.36. The Hall–Kier alpha value is -2.42. The summed E-state index contributed by atoms with van der Waals surface area (Å²) >= 11 is 6.46. The number of aromatic nitrogens is 2. The molecule has 2 aromatic carbocycles. The predicted octanol–water partition coefficient (Wildman–Crippen LogP) is 5.78.